The zero-order chi connectivity index (χ0) is 13.4. The average Bonchev–Trinajstić information content (AvgIpc) is 2.74. The Morgan fingerprint density at radius 1 is 1.39 bits per heavy atom. The van der Waals surface area contributed by atoms with Crippen molar-refractivity contribution in [3.63, 3.8) is 0 Å². The molecule has 0 aromatic heterocycles. The van der Waals surface area contributed by atoms with Crippen LogP contribution in [0.25, 0.3) is 0 Å². The van der Waals surface area contributed by atoms with Crippen LogP contribution in [-0.2, 0) is 0 Å². The van der Waals surface area contributed by atoms with Gasteiger partial charge in [0.05, 0.1) is 0 Å². The van der Waals surface area contributed by atoms with E-state index in [1.54, 1.807) is 0 Å². The molecule has 0 aliphatic carbocycles. The molecule has 4 nitrogen and oxygen atoms in total. The summed E-state index contributed by atoms with van der Waals surface area (Å²) in [6, 6.07) is 0. The number of guanidine groups is 1. The van der Waals surface area contributed by atoms with Crippen molar-refractivity contribution < 1.29 is 0 Å². The summed E-state index contributed by atoms with van der Waals surface area (Å²) in [5.74, 6) is 2.51. The van der Waals surface area contributed by atoms with Crippen LogP contribution in [-0.4, -0.2) is 51.1 Å². The minimum Gasteiger partial charge on any atom is -0.356 e. The van der Waals surface area contributed by atoms with Gasteiger partial charge in [0.15, 0.2) is 5.96 Å². The average molecular weight is 254 g/mol. The molecular formula is C14H30N4. The predicted molar refractivity (Wildman–Crippen MR) is 79.0 cm³/mol. The lowest BCUT2D eigenvalue weighted by molar-refractivity contribution is 0.394. The summed E-state index contributed by atoms with van der Waals surface area (Å²) in [4.78, 5) is 6.66. The van der Waals surface area contributed by atoms with Crippen LogP contribution in [0.15, 0.2) is 4.99 Å². The molecule has 18 heavy (non-hydrogen) atoms. The molecule has 1 aliphatic rings. The summed E-state index contributed by atoms with van der Waals surface area (Å²) < 4.78 is 0. The topological polar surface area (TPSA) is 39.7 Å². The Hall–Kier alpha value is -0.770. The quantitative estimate of drug-likeness (QED) is 0.429. The third-order valence-corrected chi connectivity index (χ3v) is 3.52. The van der Waals surface area contributed by atoms with Gasteiger partial charge in [0.25, 0.3) is 0 Å². The maximum atomic E-state index is 4.27. The van der Waals surface area contributed by atoms with Crippen LogP contribution in [0.5, 0.6) is 0 Å². The van der Waals surface area contributed by atoms with Gasteiger partial charge in [-0.2, -0.15) is 0 Å². The Balaban J connectivity index is 2.10. The Bertz CT molecular complexity index is 250. The molecule has 1 saturated heterocycles. The summed E-state index contributed by atoms with van der Waals surface area (Å²) in [5.41, 5.74) is 0. The number of aliphatic imine (C=N–C) groups is 1. The first-order valence-electron chi connectivity index (χ1n) is 7.25. The van der Waals surface area contributed by atoms with Crippen molar-refractivity contribution in [2.45, 2.75) is 33.1 Å². The highest BCUT2D eigenvalue weighted by Crippen LogP contribution is 2.12. The van der Waals surface area contributed by atoms with Crippen LogP contribution in [0, 0.1) is 11.8 Å². The van der Waals surface area contributed by atoms with E-state index in [0.717, 1.165) is 30.9 Å². The standard InChI is InChI=1S/C14H30N4/c1-12(2)6-5-8-16-14(15-3)17-10-13-7-9-18(4)11-13/h12-13H,5-11H2,1-4H3,(H2,15,16,17). The van der Waals surface area contributed by atoms with Crippen molar-refractivity contribution in [3.8, 4) is 0 Å². The van der Waals surface area contributed by atoms with Gasteiger partial charge in [0.1, 0.15) is 0 Å². The van der Waals surface area contributed by atoms with E-state index in [-0.39, 0.29) is 0 Å². The van der Waals surface area contributed by atoms with Crippen LogP contribution >= 0.6 is 0 Å². The first-order valence-corrected chi connectivity index (χ1v) is 7.25. The Labute approximate surface area is 112 Å². The Morgan fingerprint density at radius 3 is 2.72 bits per heavy atom. The van der Waals surface area contributed by atoms with E-state index in [2.05, 4.69) is 41.4 Å². The van der Waals surface area contributed by atoms with Gasteiger partial charge in [0.2, 0.25) is 0 Å². The minimum absolute atomic E-state index is 0.768. The molecule has 1 rings (SSSR count). The third kappa shape index (κ3) is 6.24. The number of nitrogens with one attached hydrogen (secondary N) is 2. The fourth-order valence-electron chi connectivity index (χ4n) is 2.37. The highest BCUT2D eigenvalue weighted by Gasteiger charge is 2.19. The van der Waals surface area contributed by atoms with E-state index in [0.29, 0.717) is 0 Å². The lowest BCUT2D eigenvalue weighted by Crippen LogP contribution is -2.40. The summed E-state index contributed by atoms with van der Waals surface area (Å²) in [5, 5.41) is 6.82. The van der Waals surface area contributed by atoms with Crippen LogP contribution in [0.2, 0.25) is 0 Å². The van der Waals surface area contributed by atoms with Crippen LogP contribution in [0.3, 0.4) is 0 Å². The van der Waals surface area contributed by atoms with E-state index in [9.17, 15) is 0 Å². The molecule has 2 N–H and O–H groups in total. The van der Waals surface area contributed by atoms with E-state index in [1.807, 2.05) is 7.05 Å². The third-order valence-electron chi connectivity index (χ3n) is 3.52. The number of nitrogens with zero attached hydrogens (tertiary/aromatic N) is 2. The number of hydrogen-bond donors (Lipinski definition) is 2. The van der Waals surface area contributed by atoms with Crippen molar-refractivity contribution >= 4 is 5.96 Å². The molecular weight excluding hydrogens is 224 g/mol. The second kappa shape index (κ2) is 8.35. The maximum Gasteiger partial charge on any atom is 0.190 e. The number of hydrogen-bond acceptors (Lipinski definition) is 2. The van der Waals surface area contributed by atoms with Crippen LogP contribution in [0.1, 0.15) is 33.1 Å². The van der Waals surface area contributed by atoms with Crippen molar-refractivity contribution in [1.82, 2.24) is 15.5 Å². The summed E-state index contributed by atoms with van der Waals surface area (Å²) in [6.07, 6.45) is 3.79. The monoisotopic (exact) mass is 254 g/mol. The van der Waals surface area contributed by atoms with Gasteiger partial charge < -0.3 is 15.5 Å². The molecule has 0 radical (unpaired) electrons. The molecule has 0 bridgehead atoms. The molecule has 0 aromatic carbocycles. The summed E-state index contributed by atoms with van der Waals surface area (Å²) in [7, 11) is 4.04. The van der Waals surface area contributed by atoms with E-state index in [1.165, 1.54) is 32.4 Å². The molecule has 1 fully saturated rings. The van der Waals surface area contributed by atoms with E-state index >= 15 is 0 Å². The smallest absolute Gasteiger partial charge is 0.190 e. The zero-order valence-corrected chi connectivity index (χ0v) is 12.5. The maximum absolute atomic E-state index is 4.27. The normalized spacial score (nSPS) is 21.6. The lowest BCUT2D eigenvalue weighted by Gasteiger charge is -2.15. The number of rotatable bonds is 6. The fourth-order valence-corrected chi connectivity index (χ4v) is 2.37. The first-order chi connectivity index (χ1) is 8.61. The van der Waals surface area contributed by atoms with Crippen molar-refractivity contribution in [2.75, 3.05) is 40.3 Å². The largest absolute Gasteiger partial charge is 0.356 e. The second-order valence-corrected chi connectivity index (χ2v) is 5.83. The fraction of sp³-hybridized carbons (Fsp3) is 0.929. The van der Waals surface area contributed by atoms with Crippen LogP contribution in [0.4, 0.5) is 0 Å². The first kappa shape index (κ1) is 15.3. The van der Waals surface area contributed by atoms with E-state index in [4.69, 9.17) is 0 Å². The van der Waals surface area contributed by atoms with Crippen molar-refractivity contribution in [3.05, 3.63) is 0 Å². The van der Waals surface area contributed by atoms with Crippen molar-refractivity contribution in [2.24, 2.45) is 16.8 Å². The zero-order valence-electron chi connectivity index (χ0n) is 12.5. The molecule has 0 aromatic rings. The molecule has 1 heterocycles. The van der Waals surface area contributed by atoms with Gasteiger partial charge in [-0.1, -0.05) is 13.8 Å². The second-order valence-electron chi connectivity index (χ2n) is 5.83. The molecule has 1 unspecified atom stereocenters. The Kier molecular flexibility index (Phi) is 7.09. The SMILES string of the molecule is CN=C(NCCCC(C)C)NCC1CCN(C)C1. The molecule has 106 valence electrons. The van der Waals surface area contributed by atoms with Gasteiger partial charge in [0, 0.05) is 26.7 Å². The van der Waals surface area contributed by atoms with Gasteiger partial charge in [-0.05, 0) is 44.7 Å². The van der Waals surface area contributed by atoms with Gasteiger partial charge >= 0.3 is 0 Å². The summed E-state index contributed by atoms with van der Waals surface area (Å²) >= 11 is 0. The molecule has 0 amide bonds. The van der Waals surface area contributed by atoms with Gasteiger partial charge in [-0.3, -0.25) is 4.99 Å². The molecule has 4 heteroatoms. The van der Waals surface area contributed by atoms with Gasteiger partial charge in [-0.25, -0.2) is 0 Å². The summed E-state index contributed by atoms with van der Waals surface area (Å²) in [6.45, 7) is 9.02. The number of likely N-dealkylation sites (tertiary alicyclic amines) is 1. The lowest BCUT2D eigenvalue weighted by atomic mass is 10.1. The molecule has 1 atom stereocenters. The highest BCUT2D eigenvalue weighted by molar-refractivity contribution is 5.79. The Morgan fingerprint density at radius 2 is 2.17 bits per heavy atom. The van der Waals surface area contributed by atoms with Gasteiger partial charge in [-0.15, -0.1) is 0 Å². The predicted octanol–water partition coefficient (Wildman–Crippen LogP) is 1.54. The van der Waals surface area contributed by atoms with Crippen molar-refractivity contribution in [1.29, 1.82) is 0 Å². The molecule has 1 aliphatic heterocycles. The minimum atomic E-state index is 0.768. The molecule has 0 spiro atoms. The highest BCUT2D eigenvalue weighted by atomic mass is 15.2. The molecule has 0 saturated carbocycles. The van der Waals surface area contributed by atoms with Crippen LogP contribution < -0.4 is 10.6 Å². The van der Waals surface area contributed by atoms with E-state index < -0.39 is 0 Å².